The number of imide groups is 1. The van der Waals surface area contributed by atoms with Crippen LogP contribution in [-0.2, 0) is 17.9 Å². The van der Waals surface area contributed by atoms with Crippen LogP contribution in [0, 0.1) is 6.92 Å². The summed E-state index contributed by atoms with van der Waals surface area (Å²) in [4.78, 5) is 40.5. The van der Waals surface area contributed by atoms with Gasteiger partial charge in [-0.3, -0.25) is 14.6 Å². The van der Waals surface area contributed by atoms with Gasteiger partial charge in [0.1, 0.15) is 13.0 Å². The zero-order valence-corrected chi connectivity index (χ0v) is 23.4. The Hall–Kier alpha value is -2.66. The molecule has 0 spiro atoms. The monoisotopic (exact) mass is 558 g/mol. The highest BCUT2D eigenvalue weighted by Crippen LogP contribution is 2.38. The van der Waals surface area contributed by atoms with E-state index in [-0.39, 0.29) is 32.0 Å². The first kappa shape index (κ1) is 26.9. The molecule has 0 saturated carbocycles. The van der Waals surface area contributed by atoms with E-state index >= 15 is 0 Å². The van der Waals surface area contributed by atoms with Gasteiger partial charge < -0.3 is 10.2 Å². The Labute approximate surface area is 230 Å². The summed E-state index contributed by atoms with van der Waals surface area (Å²) in [7, 11) is 0. The van der Waals surface area contributed by atoms with E-state index in [1.54, 1.807) is 6.33 Å². The van der Waals surface area contributed by atoms with Crippen LogP contribution < -0.4 is 5.32 Å². The average molecular weight is 559 g/mol. The second kappa shape index (κ2) is 11.2. The Kier molecular flexibility index (Phi) is 7.95. The molecule has 38 heavy (non-hydrogen) atoms. The van der Waals surface area contributed by atoms with Crippen LogP contribution in [0.15, 0.2) is 24.5 Å². The standard InChI is InChI=1S/C27H32ClFN6O2S/c1-16-8-19(28)9-21(22(16)14-34-17(2)11-30-12-18(34)3)25-26-23(31-15-32-25)10-20(38-26)13-35-24(36)4-6-33(7-5-29)27(35)37/h8-10,15,17-18,30H,4-7,11-14H2,1-3H3/t17-,18-/m0/s1. The number of fused-ring (bicyclic) bond motifs is 1. The molecule has 2 saturated heterocycles. The van der Waals surface area contributed by atoms with Gasteiger partial charge in [0.05, 0.1) is 29.0 Å². The highest BCUT2D eigenvalue weighted by Gasteiger charge is 2.32. The summed E-state index contributed by atoms with van der Waals surface area (Å²) in [5.41, 5.74) is 4.78. The predicted molar refractivity (Wildman–Crippen MR) is 148 cm³/mol. The lowest BCUT2D eigenvalue weighted by molar-refractivity contribution is -0.131. The summed E-state index contributed by atoms with van der Waals surface area (Å²) in [6.07, 6.45) is 1.74. The van der Waals surface area contributed by atoms with E-state index in [0.29, 0.717) is 17.1 Å². The molecule has 3 aromatic rings. The maximum atomic E-state index is 12.9. The molecule has 8 nitrogen and oxygen atoms in total. The van der Waals surface area contributed by atoms with Crippen LogP contribution in [-0.4, -0.2) is 81.5 Å². The second-order valence-electron chi connectivity index (χ2n) is 10.1. The zero-order valence-electron chi connectivity index (χ0n) is 21.8. The molecule has 2 fully saturated rings. The number of benzene rings is 1. The van der Waals surface area contributed by atoms with Gasteiger partial charge in [0, 0.05) is 60.1 Å². The Balaban J connectivity index is 1.51. The Bertz CT molecular complexity index is 1360. The number of rotatable bonds is 7. The van der Waals surface area contributed by atoms with E-state index in [0.717, 1.165) is 51.5 Å². The van der Waals surface area contributed by atoms with E-state index in [1.165, 1.54) is 26.7 Å². The molecule has 0 radical (unpaired) electrons. The molecular formula is C27H32ClFN6O2S. The van der Waals surface area contributed by atoms with Gasteiger partial charge in [-0.15, -0.1) is 11.3 Å². The summed E-state index contributed by atoms with van der Waals surface area (Å²) in [6.45, 7) is 8.93. The van der Waals surface area contributed by atoms with Crippen molar-refractivity contribution in [3.8, 4) is 11.3 Å². The lowest BCUT2D eigenvalue weighted by atomic mass is 9.96. The van der Waals surface area contributed by atoms with Gasteiger partial charge in [0.15, 0.2) is 0 Å². The maximum Gasteiger partial charge on any atom is 0.327 e. The average Bonchev–Trinajstić information content (AvgIpc) is 3.29. The number of carbonyl (C=O) groups excluding carboxylic acids is 2. The topological polar surface area (TPSA) is 81.7 Å². The van der Waals surface area contributed by atoms with Gasteiger partial charge in [-0.2, -0.15) is 0 Å². The minimum absolute atomic E-state index is 0.00807. The normalized spacial score (nSPS) is 21.1. The summed E-state index contributed by atoms with van der Waals surface area (Å²) in [6, 6.07) is 6.18. The van der Waals surface area contributed by atoms with Crippen LogP contribution in [0.25, 0.3) is 21.5 Å². The number of piperazine rings is 1. The molecule has 2 aliphatic heterocycles. The minimum atomic E-state index is -0.636. The largest absolute Gasteiger partial charge is 0.327 e. The summed E-state index contributed by atoms with van der Waals surface area (Å²) >= 11 is 8.02. The molecule has 0 unspecified atom stereocenters. The van der Waals surface area contributed by atoms with E-state index in [9.17, 15) is 14.0 Å². The molecule has 5 rings (SSSR count). The maximum absolute atomic E-state index is 12.9. The Morgan fingerprint density at radius 2 is 1.89 bits per heavy atom. The van der Waals surface area contributed by atoms with Crippen LogP contribution in [0.2, 0.25) is 5.02 Å². The van der Waals surface area contributed by atoms with Crippen LogP contribution in [0.1, 0.15) is 36.3 Å². The molecule has 2 aliphatic rings. The number of alkyl halides is 1. The fraction of sp³-hybridized carbons (Fsp3) is 0.481. The minimum Gasteiger partial charge on any atom is -0.321 e. The molecule has 2 atom stereocenters. The number of hydrogen-bond donors (Lipinski definition) is 1. The van der Waals surface area contributed by atoms with E-state index in [2.05, 4.69) is 36.0 Å². The summed E-state index contributed by atoms with van der Waals surface area (Å²) in [5.74, 6) is -0.249. The summed E-state index contributed by atoms with van der Waals surface area (Å²) < 4.78 is 13.8. The smallest absolute Gasteiger partial charge is 0.321 e. The molecule has 1 aromatic carbocycles. The molecule has 2 aromatic heterocycles. The number of aromatic nitrogens is 2. The molecule has 0 aliphatic carbocycles. The number of nitrogens with zero attached hydrogens (tertiary/aromatic N) is 5. The lowest BCUT2D eigenvalue weighted by Gasteiger charge is -2.40. The number of aryl methyl sites for hydroxylation is 1. The predicted octanol–water partition coefficient (Wildman–Crippen LogP) is 4.63. The van der Waals surface area contributed by atoms with Crippen LogP contribution in [0.4, 0.5) is 9.18 Å². The first-order valence-corrected chi connectivity index (χ1v) is 14.1. The van der Waals surface area contributed by atoms with E-state index in [4.69, 9.17) is 16.6 Å². The third-order valence-corrected chi connectivity index (χ3v) is 8.81. The van der Waals surface area contributed by atoms with Gasteiger partial charge in [0.2, 0.25) is 5.91 Å². The number of amides is 3. The molecule has 1 N–H and O–H groups in total. The Morgan fingerprint density at radius 1 is 1.13 bits per heavy atom. The van der Waals surface area contributed by atoms with Crippen LogP contribution >= 0.6 is 22.9 Å². The first-order valence-electron chi connectivity index (χ1n) is 12.9. The SMILES string of the molecule is Cc1cc(Cl)cc(-c2ncnc3cc(CN4C(=O)CCN(CCF)C4=O)sc23)c1CN1[C@@H](C)CNC[C@@H]1C. The summed E-state index contributed by atoms with van der Waals surface area (Å²) in [5, 5.41) is 4.13. The van der Waals surface area contributed by atoms with Gasteiger partial charge >= 0.3 is 6.03 Å². The molecule has 202 valence electrons. The first-order chi connectivity index (χ1) is 18.3. The Morgan fingerprint density at radius 3 is 2.63 bits per heavy atom. The van der Waals surface area contributed by atoms with Crippen molar-refractivity contribution in [3.05, 3.63) is 45.6 Å². The fourth-order valence-corrected chi connectivity index (χ4v) is 6.77. The van der Waals surface area contributed by atoms with Gasteiger partial charge in [-0.05, 0) is 50.1 Å². The highest BCUT2D eigenvalue weighted by atomic mass is 35.5. The molecule has 3 amide bonds. The molecular weight excluding hydrogens is 527 g/mol. The van der Waals surface area contributed by atoms with Crippen molar-refractivity contribution in [2.24, 2.45) is 0 Å². The quantitative estimate of drug-likeness (QED) is 0.455. The second-order valence-corrected chi connectivity index (χ2v) is 11.7. The number of nitrogens with one attached hydrogen (secondary N) is 1. The number of thiophene rings is 1. The van der Waals surface area contributed by atoms with Crippen molar-refractivity contribution >= 4 is 45.1 Å². The van der Waals surface area contributed by atoms with Gasteiger partial charge in [-0.1, -0.05) is 11.6 Å². The van der Waals surface area contributed by atoms with Gasteiger partial charge in [0.25, 0.3) is 0 Å². The zero-order chi connectivity index (χ0) is 27.0. The van der Waals surface area contributed by atoms with E-state index < -0.39 is 12.7 Å². The van der Waals surface area contributed by atoms with Crippen molar-refractivity contribution < 1.29 is 14.0 Å². The van der Waals surface area contributed by atoms with E-state index in [1.807, 2.05) is 18.2 Å². The molecule has 4 heterocycles. The molecule has 0 bridgehead atoms. The number of hydrogen-bond acceptors (Lipinski definition) is 7. The number of urea groups is 1. The number of halogens is 2. The van der Waals surface area contributed by atoms with Crippen molar-refractivity contribution in [1.29, 1.82) is 0 Å². The van der Waals surface area contributed by atoms with Crippen molar-refractivity contribution in [2.45, 2.75) is 52.4 Å². The third kappa shape index (κ3) is 5.27. The van der Waals surface area contributed by atoms with Gasteiger partial charge in [-0.25, -0.2) is 19.2 Å². The lowest BCUT2D eigenvalue weighted by Crippen LogP contribution is -2.54. The fourth-order valence-electron chi connectivity index (χ4n) is 5.39. The van der Waals surface area contributed by atoms with Crippen LogP contribution in [0.5, 0.6) is 0 Å². The third-order valence-electron chi connectivity index (χ3n) is 7.47. The van der Waals surface area contributed by atoms with Crippen molar-refractivity contribution in [1.82, 2.24) is 30.0 Å². The van der Waals surface area contributed by atoms with Crippen LogP contribution in [0.3, 0.4) is 0 Å². The van der Waals surface area contributed by atoms with Crippen molar-refractivity contribution in [3.63, 3.8) is 0 Å². The highest BCUT2D eigenvalue weighted by molar-refractivity contribution is 7.19. The number of carbonyl (C=O) groups is 2. The molecule has 11 heteroatoms. The van der Waals surface area contributed by atoms with Crippen molar-refractivity contribution in [2.75, 3.05) is 32.9 Å².